The average molecular weight is 314 g/mol. The van der Waals surface area contributed by atoms with Gasteiger partial charge in [0, 0.05) is 28.0 Å². The summed E-state index contributed by atoms with van der Waals surface area (Å²) >= 11 is 4.08. The maximum atomic E-state index is 13.2. The van der Waals surface area contributed by atoms with E-state index in [2.05, 4.69) is 24.1 Å². The van der Waals surface area contributed by atoms with Crippen LogP contribution in [0.1, 0.15) is 24.5 Å². The molecule has 2 nitrogen and oxygen atoms in total. The zero-order valence-corrected chi connectivity index (χ0v) is 13.7. The van der Waals surface area contributed by atoms with Gasteiger partial charge >= 0.3 is 0 Å². The third kappa shape index (κ3) is 3.91. The fraction of sp³-hybridized carbons (Fsp3) is 0.600. The van der Waals surface area contributed by atoms with E-state index in [-0.39, 0.29) is 11.9 Å². The van der Waals surface area contributed by atoms with Crippen LogP contribution in [0.2, 0.25) is 0 Å². The SMILES string of the molecule is CCC1SCCSC1C(Cc1ccc(F)cc1C)NN. The number of hydrogen-bond donors (Lipinski definition) is 2. The second-order valence-corrected chi connectivity index (χ2v) is 7.83. The molecule has 0 spiro atoms. The van der Waals surface area contributed by atoms with Gasteiger partial charge in [0.25, 0.3) is 0 Å². The smallest absolute Gasteiger partial charge is 0.123 e. The molecule has 0 saturated carbocycles. The fourth-order valence-electron chi connectivity index (χ4n) is 2.71. The third-order valence-electron chi connectivity index (χ3n) is 3.85. The van der Waals surface area contributed by atoms with Crippen molar-refractivity contribution >= 4 is 23.5 Å². The van der Waals surface area contributed by atoms with E-state index in [1.165, 1.54) is 29.6 Å². The van der Waals surface area contributed by atoms with E-state index in [1.54, 1.807) is 6.07 Å². The molecule has 0 bridgehead atoms. The average Bonchev–Trinajstić information content (AvgIpc) is 2.46. The number of nitrogens with one attached hydrogen (secondary N) is 1. The van der Waals surface area contributed by atoms with Crippen LogP contribution in [0.25, 0.3) is 0 Å². The van der Waals surface area contributed by atoms with Crippen molar-refractivity contribution in [3.63, 3.8) is 0 Å². The largest absolute Gasteiger partial charge is 0.271 e. The summed E-state index contributed by atoms with van der Waals surface area (Å²) < 4.78 is 13.2. The molecule has 1 aliphatic rings. The van der Waals surface area contributed by atoms with Crippen molar-refractivity contribution < 1.29 is 4.39 Å². The number of halogens is 1. The third-order valence-corrected chi connectivity index (χ3v) is 7.26. The molecule has 1 fully saturated rings. The van der Waals surface area contributed by atoms with Gasteiger partial charge in [-0.15, -0.1) is 0 Å². The minimum absolute atomic E-state index is 0.169. The van der Waals surface area contributed by atoms with Crippen LogP contribution in [0, 0.1) is 12.7 Å². The van der Waals surface area contributed by atoms with Crippen molar-refractivity contribution in [2.45, 2.75) is 43.2 Å². The number of benzene rings is 1. The van der Waals surface area contributed by atoms with Crippen LogP contribution in [0.4, 0.5) is 4.39 Å². The number of thioether (sulfide) groups is 2. The van der Waals surface area contributed by atoms with Crippen LogP contribution >= 0.6 is 23.5 Å². The van der Waals surface area contributed by atoms with E-state index >= 15 is 0 Å². The van der Waals surface area contributed by atoms with E-state index in [0.717, 1.165) is 12.0 Å². The molecule has 112 valence electrons. The lowest BCUT2D eigenvalue weighted by molar-refractivity contribution is 0.489. The van der Waals surface area contributed by atoms with E-state index in [9.17, 15) is 4.39 Å². The predicted molar refractivity (Wildman–Crippen MR) is 88.7 cm³/mol. The van der Waals surface area contributed by atoms with Crippen molar-refractivity contribution in [3.05, 3.63) is 35.1 Å². The Morgan fingerprint density at radius 1 is 1.40 bits per heavy atom. The summed E-state index contributed by atoms with van der Waals surface area (Å²) in [5.41, 5.74) is 5.19. The molecule has 5 heteroatoms. The Bertz CT molecular complexity index is 442. The summed E-state index contributed by atoms with van der Waals surface area (Å²) in [5.74, 6) is 8.05. The molecule has 20 heavy (non-hydrogen) atoms. The summed E-state index contributed by atoms with van der Waals surface area (Å²) in [5, 5.41) is 1.17. The van der Waals surface area contributed by atoms with Gasteiger partial charge in [0.05, 0.1) is 0 Å². The Morgan fingerprint density at radius 3 is 2.80 bits per heavy atom. The lowest BCUT2D eigenvalue weighted by atomic mass is 9.97. The van der Waals surface area contributed by atoms with Crippen molar-refractivity contribution in [3.8, 4) is 0 Å². The minimum Gasteiger partial charge on any atom is -0.271 e. The zero-order chi connectivity index (χ0) is 14.5. The van der Waals surface area contributed by atoms with Crippen LogP contribution < -0.4 is 11.3 Å². The van der Waals surface area contributed by atoms with Gasteiger partial charge in [0.1, 0.15) is 5.82 Å². The second-order valence-electron chi connectivity index (χ2n) is 5.20. The van der Waals surface area contributed by atoms with Crippen molar-refractivity contribution in [1.29, 1.82) is 0 Å². The first-order valence-corrected chi connectivity index (χ1v) is 9.19. The Balaban J connectivity index is 2.11. The lowest BCUT2D eigenvalue weighted by Crippen LogP contribution is -2.49. The topological polar surface area (TPSA) is 38.0 Å². The van der Waals surface area contributed by atoms with Crippen LogP contribution in [0.5, 0.6) is 0 Å². The molecular formula is C15H23FN2S2. The van der Waals surface area contributed by atoms with E-state index < -0.39 is 0 Å². The van der Waals surface area contributed by atoms with Gasteiger partial charge in [0.15, 0.2) is 0 Å². The highest BCUT2D eigenvalue weighted by Crippen LogP contribution is 2.36. The van der Waals surface area contributed by atoms with Gasteiger partial charge in [-0.05, 0) is 43.0 Å². The van der Waals surface area contributed by atoms with E-state index in [0.29, 0.717) is 10.5 Å². The van der Waals surface area contributed by atoms with Crippen LogP contribution in [0.15, 0.2) is 18.2 Å². The maximum absolute atomic E-state index is 13.2. The first-order chi connectivity index (χ1) is 9.65. The fourth-order valence-corrected chi connectivity index (χ4v) is 5.95. The number of aryl methyl sites for hydroxylation is 1. The number of rotatable bonds is 5. The number of nitrogens with two attached hydrogens (primary N) is 1. The van der Waals surface area contributed by atoms with Crippen LogP contribution in [-0.2, 0) is 6.42 Å². The molecule has 0 aromatic heterocycles. The van der Waals surface area contributed by atoms with Crippen LogP contribution in [0.3, 0.4) is 0 Å². The first kappa shape index (κ1) is 16.1. The van der Waals surface area contributed by atoms with E-state index in [4.69, 9.17) is 5.84 Å². The molecule has 0 radical (unpaired) electrons. The highest BCUT2D eigenvalue weighted by Gasteiger charge is 2.31. The molecule has 1 aliphatic heterocycles. The van der Waals surface area contributed by atoms with Gasteiger partial charge in [-0.1, -0.05) is 13.0 Å². The highest BCUT2D eigenvalue weighted by molar-refractivity contribution is 8.07. The molecule has 1 saturated heterocycles. The maximum Gasteiger partial charge on any atom is 0.123 e. The van der Waals surface area contributed by atoms with E-state index in [1.807, 2.05) is 24.8 Å². The predicted octanol–water partition coefficient (Wildman–Crippen LogP) is 3.14. The lowest BCUT2D eigenvalue weighted by Gasteiger charge is -2.35. The standard InChI is InChI=1S/C15H23FN2S2/c1-3-14-15(20-7-6-19-14)13(18-17)9-11-4-5-12(16)8-10(11)2/h4-5,8,13-15,18H,3,6-7,9,17H2,1-2H3. The molecule has 1 heterocycles. The summed E-state index contributed by atoms with van der Waals surface area (Å²) in [6.45, 7) is 4.21. The molecule has 0 amide bonds. The quantitative estimate of drug-likeness (QED) is 0.647. The van der Waals surface area contributed by atoms with Gasteiger partial charge in [-0.3, -0.25) is 11.3 Å². The highest BCUT2D eigenvalue weighted by atomic mass is 32.2. The Labute approximate surface area is 129 Å². The van der Waals surface area contributed by atoms with Crippen molar-refractivity contribution in [2.75, 3.05) is 11.5 Å². The minimum atomic E-state index is -0.169. The van der Waals surface area contributed by atoms with Crippen LogP contribution in [-0.4, -0.2) is 28.0 Å². The molecular weight excluding hydrogens is 291 g/mol. The Morgan fingerprint density at radius 2 is 2.15 bits per heavy atom. The zero-order valence-electron chi connectivity index (χ0n) is 12.1. The van der Waals surface area contributed by atoms with Gasteiger partial charge in [0.2, 0.25) is 0 Å². The number of hydrazine groups is 1. The summed E-state index contributed by atoms with van der Waals surface area (Å²) in [4.78, 5) is 0. The summed E-state index contributed by atoms with van der Waals surface area (Å²) in [6, 6.07) is 5.26. The Kier molecular flexibility index (Phi) is 6.20. The summed E-state index contributed by atoms with van der Waals surface area (Å²) in [6.07, 6.45) is 2.03. The van der Waals surface area contributed by atoms with Gasteiger partial charge < -0.3 is 0 Å². The first-order valence-electron chi connectivity index (χ1n) is 7.10. The molecule has 2 rings (SSSR count). The molecule has 0 aliphatic carbocycles. The molecule has 3 atom stereocenters. The van der Waals surface area contributed by atoms with Gasteiger partial charge in [-0.2, -0.15) is 23.5 Å². The van der Waals surface area contributed by atoms with Crippen molar-refractivity contribution in [1.82, 2.24) is 5.43 Å². The molecule has 1 aromatic rings. The van der Waals surface area contributed by atoms with Gasteiger partial charge in [-0.25, -0.2) is 4.39 Å². The normalized spacial score (nSPS) is 24.6. The monoisotopic (exact) mass is 314 g/mol. The second kappa shape index (κ2) is 7.69. The summed E-state index contributed by atoms with van der Waals surface area (Å²) in [7, 11) is 0. The molecule has 1 aromatic carbocycles. The van der Waals surface area contributed by atoms with Crippen molar-refractivity contribution in [2.24, 2.45) is 5.84 Å². The molecule has 3 unspecified atom stereocenters. The molecule has 3 N–H and O–H groups in total. The number of hydrogen-bond acceptors (Lipinski definition) is 4. The Hall–Kier alpha value is -0.230.